The Morgan fingerprint density at radius 2 is 1.89 bits per heavy atom. The fraction of sp³-hybridized carbons (Fsp3) is 1.00. The summed E-state index contributed by atoms with van der Waals surface area (Å²) in [7, 11) is 0. The predicted octanol–water partition coefficient (Wildman–Crippen LogP) is 0.483. The first kappa shape index (κ1) is 9.27. The van der Waals surface area contributed by atoms with Gasteiger partial charge in [0, 0.05) is 0 Å². The molecule has 0 aliphatic heterocycles. The number of aliphatic hydroxyl groups excluding tert-OH is 2. The lowest BCUT2D eigenvalue weighted by Gasteiger charge is -2.07. The van der Waals surface area contributed by atoms with Crippen molar-refractivity contribution in [2.75, 3.05) is 19.0 Å². The van der Waals surface area contributed by atoms with E-state index in [4.69, 9.17) is 10.2 Å². The molecule has 0 aliphatic carbocycles. The molecule has 0 saturated carbocycles. The van der Waals surface area contributed by atoms with Gasteiger partial charge < -0.3 is 10.2 Å². The van der Waals surface area contributed by atoms with Crippen LogP contribution in [0.25, 0.3) is 0 Å². The molecule has 2 N–H and O–H groups in total. The van der Waals surface area contributed by atoms with Crippen LogP contribution in [0.1, 0.15) is 13.3 Å². The molecular weight excluding hydrogens is 136 g/mol. The van der Waals surface area contributed by atoms with Crippen LogP contribution < -0.4 is 0 Å². The van der Waals surface area contributed by atoms with Gasteiger partial charge in [-0.25, -0.2) is 0 Å². The lowest BCUT2D eigenvalue weighted by Crippen LogP contribution is -2.13. The second-order valence-corrected chi connectivity index (χ2v) is 3.27. The Morgan fingerprint density at radius 1 is 1.33 bits per heavy atom. The molecule has 2 nitrogen and oxygen atoms in total. The van der Waals surface area contributed by atoms with E-state index in [-0.39, 0.29) is 18.5 Å². The third-order valence-electron chi connectivity index (χ3n) is 0.965. The minimum atomic E-state index is 0.0324. The molecule has 0 radical (unpaired) electrons. The number of rotatable bonds is 5. The summed E-state index contributed by atoms with van der Waals surface area (Å²) >= 11 is 1.62. The Bertz CT molecular complexity index is 55.0. The highest BCUT2D eigenvalue weighted by molar-refractivity contribution is 7.99. The number of hydrogen-bond acceptors (Lipinski definition) is 3. The van der Waals surface area contributed by atoms with Crippen LogP contribution in [0, 0.1) is 0 Å². The Kier molecular flexibility index (Phi) is 6.58. The summed E-state index contributed by atoms with van der Waals surface area (Å²) in [4.78, 5) is 0. The molecule has 0 saturated heterocycles. The summed E-state index contributed by atoms with van der Waals surface area (Å²) in [6.45, 7) is 2.25. The minimum Gasteiger partial charge on any atom is -0.395 e. The summed E-state index contributed by atoms with van der Waals surface area (Å²) in [5.74, 6) is 1.02. The summed E-state index contributed by atoms with van der Waals surface area (Å²) in [5, 5.41) is 17.2. The number of thioether (sulfide) groups is 1. The average molecular weight is 150 g/mol. The van der Waals surface area contributed by atoms with Gasteiger partial charge in [-0.05, 0) is 12.2 Å². The molecule has 0 heterocycles. The third-order valence-corrected chi connectivity index (χ3v) is 2.38. The maximum Gasteiger partial charge on any atom is 0.0572 e. The van der Waals surface area contributed by atoms with Crippen molar-refractivity contribution in [2.45, 2.75) is 18.6 Å². The molecule has 9 heavy (non-hydrogen) atoms. The highest BCUT2D eigenvalue weighted by atomic mass is 32.2. The molecule has 0 aliphatic rings. The quantitative estimate of drug-likeness (QED) is 0.599. The SMILES string of the molecule is CCCSC(CO)CO. The first-order valence-electron chi connectivity index (χ1n) is 3.18. The van der Waals surface area contributed by atoms with E-state index in [1.807, 2.05) is 0 Å². The summed E-state index contributed by atoms with van der Waals surface area (Å²) in [6, 6.07) is 0. The van der Waals surface area contributed by atoms with Gasteiger partial charge in [-0.15, -0.1) is 0 Å². The summed E-state index contributed by atoms with van der Waals surface area (Å²) in [5.41, 5.74) is 0. The standard InChI is InChI=1S/C6H14O2S/c1-2-3-9-6(4-7)5-8/h6-8H,2-5H2,1H3. The van der Waals surface area contributed by atoms with Crippen molar-refractivity contribution in [3.05, 3.63) is 0 Å². The van der Waals surface area contributed by atoms with Crippen molar-refractivity contribution in [2.24, 2.45) is 0 Å². The van der Waals surface area contributed by atoms with E-state index < -0.39 is 0 Å². The predicted molar refractivity (Wildman–Crippen MR) is 40.7 cm³/mol. The first-order valence-corrected chi connectivity index (χ1v) is 4.23. The van der Waals surface area contributed by atoms with E-state index >= 15 is 0 Å². The van der Waals surface area contributed by atoms with Gasteiger partial charge in [0.25, 0.3) is 0 Å². The molecule has 56 valence electrons. The lowest BCUT2D eigenvalue weighted by molar-refractivity contribution is 0.228. The monoisotopic (exact) mass is 150 g/mol. The van der Waals surface area contributed by atoms with Crippen molar-refractivity contribution in [1.29, 1.82) is 0 Å². The first-order chi connectivity index (χ1) is 4.35. The second-order valence-electron chi connectivity index (χ2n) is 1.86. The van der Waals surface area contributed by atoms with E-state index in [1.165, 1.54) is 0 Å². The van der Waals surface area contributed by atoms with Gasteiger partial charge >= 0.3 is 0 Å². The maximum absolute atomic E-state index is 8.57. The largest absolute Gasteiger partial charge is 0.395 e. The van der Waals surface area contributed by atoms with Gasteiger partial charge in [-0.3, -0.25) is 0 Å². The fourth-order valence-electron chi connectivity index (χ4n) is 0.448. The zero-order chi connectivity index (χ0) is 7.11. The van der Waals surface area contributed by atoms with Crippen LogP contribution in [-0.4, -0.2) is 34.4 Å². The van der Waals surface area contributed by atoms with E-state index in [1.54, 1.807) is 11.8 Å². The molecule has 0 aromatic carbocycles. The van der Waals surface area contributed by atoms with Gasteiger partial charge in [0.1, 0.15) is 0 Å². The van der Waals surface area contributed by atoms with Crippen LogP contribution >= 0.6 is 11.8 Å². The van der Waals surface area contributed by atoms with E-state index in [9.17, 15) is 0 Å². The average Bonchev–Trinajstić information content (AvgIpc) is 1.91. The van der Waals surface area contributed by atoms with Gasteiger partial charge in [-0.1, -0.05) is 6.92 Å². The van der Waals surface area contributed by atoms with E-state index in [0.717, 1.165) is 12.2 Å². The Morgan fingerprint density at radius 3 is 2.22 bits per heavy atom. The van der Waals surface area contributed by atoms with Crippen LogP contribution in [0.5, 0.6) is 0 Å². The van der Waals surface area contributed by atoms with Gasteiger partial charge in [-0.2, -0.15) is 11.8 Å². The third kappa shape index (κ3) is 4.75. The second kappa shape index (κ2) is 6.39. The highest BCUT2D eigenvalue weighted by Crippen LogP contribution is 2.09. The molecule has 0 amide bonds. The molecule has 0 rings (SSSR count). The van der Waals surface area contributed by atoms with Crippen LogP contribution in [0.2, 0.25) is 0 Å². The Hall–Kier alpha value is 0.270. The zero-order valence-corrected chi connectivity index (χ0v) is 6.52. The normalized spacial score (nSPS) is 10.7. The molecule has 0 fully saturated rings. The molecule has 3 heteroatoms. The van der Waals surface area contributed by atoms with E-state index in [2.05, 4.69) is 6.92 Å². The Balaban J connectivity index is 3.09. The lowest BCUT2D eigenvalue weighted by atomic mass is 10.5. The van der Waals surface area contributed by atoms with E-state index in [0.29, 0.717) is 0 Å². The molecule has 0 aromatic heterocycles. The molecule has 0 atom stereocenters. The minimum absolute atomic E-state index is 0.0324. The van der Waals surface area contributed by atoms with Crippen molar-refractivity contribution in [3.63, 3.8) is 0 Å². The molecule has 0 spiro atoms. The molecule has 0 bridgehead atoms. The summed E-state index contributed by atoms with van der Waals surface area (Å²) < 4.78 is 0. The Labute approximate surface area is 60.3 Å². The van der Waals surface area contributed by atoms with Crippen LogP contribution in [-0.2, 0) is 0 Å². The number of hydrogen-bond donors (Lipinski definition) is 2. The molecule has 0 aromatic rings. The highest BCUT2D eigenvalue weighted by Gasteiger charge is 2.03. The van der Waals surface area contributed by atoms with Crippen molar-refractivity contribution >= 4 is 11.8 Å². The van der Waals surface area contributed by atoms with Crippen molar-refractivity contribution in [3.8, 4) is 0 Å². The van der Waals surface area contributed by atoms with Crippen molar-refractivity contribution in [1.82, 2.24) is 0 Å². The topological polar surface area (TPSA) is 40.5 Å². The zero-order valence-electron chi connectivity index (χ0n) is 5.71. The fourth-order valence-corrected chi connectivity index (χ4v) is 1.23. The van der Waals surface area contributed by atoms with Gasteiger partial charge in [0.2, 0.25) is 0 Å². The maximum atomic E-state index is 8.57. The molecular formula is C6H14O2S. The van der Waals surface area contributed by atoms with Crippen LogP contribution in [0.3, 0.4) is 0 Å². The van der Waals surface area contributed by atoms with Crippen molar-refractivity contribution < 1.29 is 10.2 Å². The summed E-state index contributed by atoms with van der Waals surface area (Å²) in [6.07, 6.45) is 1.10. The van der Waals surface area contributed by atoms with Gasteiger partial charge in [0.15, 0.2) is 0 Å². The molecule has 0 unspecified atom stereocenters. The van der Waals surface area contributed by atoms with Crippen LogP contribution in [0.4, 0.5) is 0 Å². The van der Waals surface area contributed by atoms with Gasteiger partial charge in [0.05, 0.1) is 18.5 Å². The smallest absolute Gasteiger partial charge is 0.0572 e. The number of aliphatic hydroxyl groups is 2. The van der Waals surface area contributed by atoms with Crippen LogP contribution in [0.15, 0.2) is 0 Å².